The quantitative estimate of drug-likeness (QED) is 0.335. The van der Waals surface area contributed by atoms with Crippen molar-refractivity contribution in [1.29, 1.82) is 0 Å². The van der Waals surface area contributed by atoms with E-state index in [2.05, 4.69) is 5.18 Å². The van der Waals surface area contributed by atoms with E-state index in [0.29, 0.717) is 19.6 Å². The van der Waals surface area contributed by atoms with Crippen molar-refractivity contribution in [3.8, 4) is 0 Å². The number of unbranched alkanes of at least 4 members (excludes halogenated alkanes) is 2. The van der Waals surface area contributed by atoms with Crippen LogP contribution in [0, 0.1) is 4.91 Å². The van der Waals surface area contributed by atoms with Gasteiger partial charge in [-0.15, -0.1) is 0 Å². The van der Waals surface area contributed by atoms with Gasteiger partial charge in [0.15, 0.2) is 0 Å². The summed E-state index contributed by atoms with van der Waals surface area (Å²) >= 11 is 0. The average molecular weight is 173 g/mol. The zero-order valence-corrected chi connectivity index (χ0v) is 7.41. The molecular formula is C8H15NO3. The molecule has 0 aliphatic rings. The Morgan fingerprint density at radius 1 is 1.33 bits per heavy atom. The first-order valence-corrected chi connectivity index (χ1v) is 4.26. The van der Waals surface area contributed by atoms with Gasteiger partial charge in [0.2, 0.25) is 0 Å². The molecule has 12 heavy (non-hydrogen) atoms. The van der Waals surface area contributed by atoms with Crippen LogP contribution in [0.1, 0.15) is 32.6 Å². The summed E-state index contributed by atoms with van der Waals surface area (Å²) in [4.78, 5) is 20.4. The summed E-state index contributed by atoms with van der Waals surface area (Å²) in [7, 11) is 0. The highest BCUT2D eigenvalue weighted by Crippen LogP contribution is 2.01. The first kappa shape index (κ1) is 11.1. The Bertz CT molecular complexity index is 136. The summed E-state index contributed by atoms with van der Waals surface area (Å²) in [6.07, 6.45) is 2.87. The van der Waals surface area contributed by atoms with Crippen LogP contribution in [0.3, 0.4) is 0 Å². The Balaban J connectivity index is 3.08. The standard InChI is InChI=1S/C8H15NO3/c1-2-12-8(10)6-4-3-5-7-9-11/h2-7H2,1H3. The van der Waals surface area contributed by atoms with Gasteiger partial charge in [-0.25, -0.2) is 0 Å². The maximum Gasteiger partial charge on any atom is 0.305 e. The van der Waals surface area contributed by atoms with Crippen molar-refractivity contribution in [3.05, 3.63) is 4.91 Å². The van der Waals surface area contributed by atoms with E-state index < -0.39 is 0 Å². The molecule has 0 fully saturated rings. The van der Waals surface area contributed by atoms with Crippen LogP contribution < -0.4 is 0 Å². The number of hydrogen-bond acceptors (Lipinski definition) is 4. The van der Waals surface area contributed by atoms with Crippen molar-refractivity contribution < 1.29 is 9.53 Å². The Morgan fingerprint density at radius 3 is 2.67 bits per heavy atom. The second-order valence-corrected chi connectivity index (χ2v) is 2.47. The molecule has 0 rings (SSSR count). The van der Waals surface area contributed by atoms with Gasteiger partial charge in [-0.3, -0.25) is 4.79 Å². The lowest BCUT2D eigenvalue weighted by atomic mass is 10.2. The minimum absolute atomic E-state index is 0.156. The molecule has 0 spiro atoms. The fourth-order valence-corrected chi connectivity index (χ4v) is 0.856. The van der Waals surface area contributed by atoms with E-state index in [4.69, 9.17) is 4.74 Å². The van der Waals surface area contributed by atoms with Gasteiger partial charge in [0, 0.05) is 6.42 Å². The molecule has 0 amide bonds. The minimum Gasteiger partial charge on any atom is -0.466 e. The molecule has 4 heteroatoms. The number of carbonyl (C=O) groups is 1. The minimum atomic E-state index is -0.156. The third kappa shape index (κ3) is 7.18. The average Bonchev–Trinajstić information content (AvgIpc) is 2.05. The molecule has 4 nitrogen and oxygen atoms in total. The lowest BCUT2D eigenvalue weighted by Gasteiger charge is -1.99. The lowest BCUT2D eigenvalue weighted by Crippen LogP contribution is -2.03. The monoisotopic (exact) mass is 173 g/mol. The maximum atomic E-state index is 10.8. The molecule has 0 aromatic carbocycles. The Morgan fingerprint density at radius 2 is 2.08 bits per heavy atom. The van der Waals surface area contributed by atoms with Gasteiger partial charge in [0.25, 0.3) is 0 Å². The largest absolute Gasteiger partial charge is 0.466 e. The van der Waals surface area contributed by atoms with Gasteiger partial charge in [-0.1, -0.05) is 11.6 Å². The molecule has 0 heterocycles. The van der Waals surface area contributed by atoms with E-state index >= 15 is 0 Å². The number of esters is 1. The van der Waals surface area contributed by atoms with Gasteiger partial charge in [-0.2, -0.15) is 4.91 Å². The summed E-state index contributed by atoms with van der Waals surface area (Å²) in [5.74, 6) is -0.156. The van der Waals surface area contributed by atoms with E-state index in [1.807, 2.05) is 0 Å². The summed E-state index contributed by atoms with van der Waals surface area (Å²) in [6, 6.07) is 0. The van der Waals surface area contributed by atoms with Crippen molar-refractivity contribution in [2.45, 2.75) is 32.6 Å². The molecule has 0 saturated carbocycles. The molecule has 0 aromatic rings. The van der Waals surface area contributed by atoms with Crippen LogP contribution in [0.4, 0.5) is 0 Å². The number of hydrogen-bond donors (Lipinski definition) is 0. The van der Waals surface area contributed by atoms with Crippen molar-refractivity contribution in [2.75, 3.05) is 13.2 Å². The molecule has 0 saturated heterocycles. The molecule has 0 aromatic heterocycles. The summed E-state index contributed by atoms with van der Waals surface area (Å²) in [5.41, 5.74) is 0. The molecule has 70 valence electrons. The van der Waals surface area contributed by atoms with E-state index in [-0.39, 0.29) is 5.97 Å². The van der Waals surface area contributed by atoms with Crippen LogP contribution in [-0.2, 0) is 9.53 Å². The maximum absolute atomic E-state index is 10.8. The summed E-state index contributed by atoms with van der Waals surface area (Å²) < 4.78 is 4.72. The van der Waals surface area contributed by atoms with Gasteiger partial charge in [-0.05, 0) is 19.8 Å². The molecule has 0 atom stereocenters. The van der Waals surface area contributed by atoms with Crippen molar-refractivity contribution in [2.24, 2.45) is 5.18 Å². The predicted octanol–water partition coefficient (Wildman–Crippen LogP) is 1.88. The highest BCUT2D eigenvalue weighted by Gasteiger charge is 1.99. The van der Waals surface area contributed by atoms with Gasteiger partial charge >= 0.3 is 5.97 Å². The Labute approximate surface area is 72.3 Å². The fraction of sp³-hybridized carbons (Fsp3) is 0.875. The Hall–Kier alpha value is -0.930. The van der Waals surface area contributed by atoms with Crippen LogP contribution in [0.25, 0.3) is 0 Å². The topological polar surface area (TPSA) is 55.7 Å². The zero-order chi connectivity index (χ0) is 9.23. The van der Waals surface area contributed by atoms with Crippen LogP contribution in [-0.4, -0.2) is 19.1 Å². The van der Waals surface area contributed by atoms with Crippen LogP contribution in [0.15, 0.2) is 5.18 Å². The molecule has 0 unspecified atom stereocenters. The number of rotatable bonds is 7. The van der Waals surface area contributed by atoms with Gasteiger partial charge in [0.1, 0.15) is 0 Å². The molecular weight excluding hydrogens is 158 g/mol. The first-order valence-electron chi connectivity index (χ1n) is 4.26. The van der Waals surface area contributed by atoms with Gasteiger partial charge < -0.3 is 4.74 Å². The van der Waals surface area contributed by atoms with E-state index in [1.165, 1.54) is 0 Å². The smallest absolute Gasteiger partial charge is 0.305 e. The number of ether oxygens (including phenoxy) is 1. The summed E-state index contributed by atoms with van der Waals surface area (Å²) in [6.45, 7) is 2.58. The van der Waals surface area contributed by atoms with Crippen molar-refractivity contribution in [3.63, 3.8) is 0 Å². The number of nitroso groups, excluding NO2 is 1. The molecule has 0 radical (unpaired) electrons. The van der Waals surface area contributed by atoms with Gasteiger partial charge in [0.05, 0.1) is 13.2 Å². The van der Waals surface area contributed by atoms with E-state index in [9.17, 15) is 9.70 Å². The Kier molecular flexibility index (Phi) is 7.54. The summed E-state index contributed by atoms with van der Waals surface area (Å²) in [5, 5.41) is 2.72. The lowest BCUT2D eigenvalue weighted by molar-refractivity contribution is -0.143. The number of carbonyl (C=O) groups excluding carboxylic acids is 1. The van der Waals surface area contributed by atoms with Crippen LogP contribution in [0.2, 0.25) is 0 Å². The predicted molar refractivity (Wildman–Crippen MR) is 45.8 cm³/mol. The molecule has 0 aliphatic heterocycles. The second kappa shape index (κ2) is 8.17. The highest BCUT2D eigenvalue weighted by molar-refractivity contribution is 5.69. The normalized spacial score (nSPS) is 9.42. The first-order chi connectivity index (χ1) is 5.81. The highest BCUT2D eigenvalue weighted by atomic mass is 16.5. The molecule has 0 bridgehead atoms. The SMILES string of the molecule is CCOC(=O)CCCCCN=O. The third-order valence-electron chi connectivity index (χ3n) is 1.44. The molecule has 0 aliphatic carbocycles. The zero-order valence-electron chi connectivity index (χ0n) is 7.41. The fourth-order valence-electron chi connectivity index (χ4n) is 0.856. The van der Waals surface area contributed by atoms with Crippen molar-refractivity contribution in [1.82, 2.24) is 0 Å². The number of nitrogens with zero attached hydrogens (tertiary/aromatic N) is 1. The molecule has 0 N–H and O–H groups in total. The van der Waals surface area contributed by atoms with Crippen LogP contribution >= 0.6 is 0 Å². The van der Waals surface area contributed by atoms with E-state index in [0.717, 1.165) is 19.3 Å². The van der Waals surface area contributed by atoms with E-state index in [1.54, 1.807) is 6.92 Å². The van der Waals surface area contributed by atoms with Crippen LogP contribution in [0.5, 0.6) is 0 Å². The third-order valence-corrected chi connectivity index (χ3v) is 1.44. The van der Waals surface area contributed by atoms with Crippen molar-refractivity contribution >= 4 is 5.97 Å². The second-order valence-electron chi connectivity index (χ2n) is 2.47.